The maximum absolute atomic E-state index is 8.59. The second-order valence-electron chi connectivity index (χ2n) is 4.03. The molecular weight excluding hydrogens is 498 g/mol. The molecule has 19 heavy (non-hydrogen) atoms. The summed E-state index contributed by atoms with van der Waals surface area (Å²) in [5.74, 6) is 0. The molecule has 0 rings (SSSR count). The van der Waals surface area contributed by atoms with E-state index in [1.54, 1.807) is 26.6 Å². The zero-order chi connectivity index (χ0) is 15.9. The quantitative estimate of drug-likeness (QED) is 0.497. The van der Waals surface area contributed by atoms with Crippen LogP contribution >= 0.6 is 0 Å². The van der Waals surface area contributed by atoms with E-state index < -0.39 is 53.1 Å². The van der Waals surface area contributed by atoms with E-state index in [0.717, 1.165) is 0 Å². The molecule has 0 saturated heterocycles. The molecule has 0 amide bonds. The Hall–Kier alpha value is 1.65. The Balaban J connectivity index is -0.000000206. The summed E-state index contributed by atoms with van der Waals surface area (Å²) in [6.45, 7) is 14.1. The van der Waals surface area contributed by atoms with Crippen molar-refractivity contribution in [1.82, 2.24) is 0 Å². The van der Waals surface area contributed by atoms with Crippen LogP contribution in [0.5, 0.6) is 0 Å². The molecular formula is C12H30CrO4Sn2. The summed E-state index contributed by atoms with van der Waals surface area (Å²) < 4.78 is 43.7. The molecule has 0 aromatic carbocycles. The molecule has 0 aliphatic rings. The fraction of sp³-hybridized carbons (Fsp3) is 1.00. The van der Waals surface area contributed by atoms with Crippen LogP contribution < -0.4 is 8.32 Å². The van der Waals surface area contributed by atoms with Crippen molar-refractivity contribution in [2.45, 2.75) is 68.2 Å². The summed E-state index contributed by atoms with van der Waals surface area (Å²) in [6.07, 6.45) is 0. The van der Waals surface area contributed by atoms with Crippen molar-refractivity contribution in [2.75, 3.05) is 0 Å². The molecule has 0 atom stereocenters. The van der Waals surface area contributed by atoms with Gasteiger partial charge in [0, 0.05) is 0 Å². The van der Waals surface area contributed by atoms with E-state index in [0.29, 0.717) is 0 Å². The molecule has 0 aliphatic heterocycles. The third-order valence-electron chi connectivity index (χ3n) is 3.00. The third-order valence-corrected chi connectivity index (χ3v) is 20.1. The molecule has 0 heterocycles. The zero-order valence-electron chi connectivity index (χ0n) is 13.3. The predicted octanol–water partition coefficient (Wildman–Crippen LogP) is 2.46. The van der Waals surface area contributed by atoms with E-state index in [2.05, 4.69) is 41.5 Å². The Kier molecular flexibility index (Phi) is 23.8. The first kappa shape index (κ1) is 25.6. The van der Waals surface area contributed by atoms with Crippen molar-refractivity contribution in [3.8, 4) is 0 Å². The van der Waals surface area contributed by atoms with Gasteiger partial charge in [-0.3, -0.25) is 0 Å². The van der Waals surface area contributed by atoms with Crippen LogP contribution in [0.1, 0.15) is 41.5 Å². The molecule has 0 bridgehead atoms. The third kappa shape index (κ3) is 32.9. The van der Waals surface area contributed by atoms with Gasteiger partial charge in [-0.05, 0) is 0 Å². The molecule has 4 nitrogen and oxygen atoms in total. The Labute approximate surface area is 136 Å². The van der Waals surface area contributed by atoms with Gasteiger partial charge in [0.1, 0.15) is 0 Å². The molecule has 0 spiro atoms. The topological polar surface area (TPSA) is 80.3 Å². The van der Waals surface area contributed by atoms with E-state index in [1.807, 2.05) is 0 Å². The van der Waals surface area contributed by atoms with E-state index in [4.69, 9.17) is 15.9 Å². The molecule has 0 unspecified atom stereocenters. The van der Waals surface area contributed by atoms with Gasteiger partial charge in [0.05, 0.1) is 0 Å². The van der Waals surface area contributed by atoms with Gasteiger partial charge in [-0.2, -0.15) is 0 Å². The summed E-state index contributed by atoms with van der Waals surface area (Å²) in [5, 5.41) is 0. The average Bonchev–Trinajstić information content (AvgIpc) is 2.32. The van der Waals surface area contributed by atoms with Gasteiger partial charge >= 0.3 is 137 Å². The van der Waals surface area contributed by atoms with Crippen LogP contribution in [0.25, 0.3) is 0 Å². The van der Waals surface area contributed by atoms with Gasteiger partial charge in [-0.15, -0.1) is 0 Å². The summed E-state index contributed by atoms with van der Waals surface area (Å²) in [6, 6.07) is 0. The van der Waals surface area contributed by atoms with Crippen molar-refractivity contribution in [3.05, 3.63) is 0 Å². The SMILES string of the molecule is C[CH2][Sn+]([CH2]C)[CH2]C.C[CH2][Sn+]([CH2]C)[CH2]C.[O]=[Cr](=[O])([O-])[O-]. The van der Waals surface area contributed by atoms with E-state index >= 15 is 0 Å². The Bertz CT molecular complexity index is 219. The number of rotatable bonds is 6. The zero-order valence-corrected chi connectivity index (χ0v) is 20.3. The minimum atomic E-state index is -5.75. The van der Waals surface area contributed by atoms with Crippen LogP contribution in [0, 0.1) is 0 Å². The van der Waals surface area contributed by atoms with Crippen molar-refractivity contribution in [2.24, 2.45) is 0 Å². The Morgan fingerprint density at radius 1 is 0.632 bits per heavy atom. The molecule has 0 N–H and O–H groups in total. The first-order valence-electron chi connectivity index (χ1n) is 7.03. The van der Waals surface area contributed by atoms with Crippen LogP contribution in [0.4, 0.5) is 0 Å². The standard InChI is InChI=1S/6C2H5.Cr.4O.2Sn/c6*1-2;;;;;;;/h6*1H2,2H3;;;;;;;/q;;;;;;;;;2*-1;2*+1. The minimum absolute atomic E-state index is 0.653. The van der Waals surface area contributed by atoms with Crippen LogP contribution in [0.2, 0.25) is 26.6 Å². The molecule has 116 valence electrons. The number of hydrogen-bond donors (Lipinski definition) is 0. The first-order valence-corrected chi connectivity index (χ1v) is 21.2. The van der Waals surface area contributed by atoms with Crippen molar-refractivity contribution >= 4 is 39.5 Å². The first-order chi connectivity index (χ1) is 8.69. The van der Waals surface area contributed by atoms with Crippen LogP contribution in [-0.4, -0.2) is 39.5 Å². The van der Waals surface area contributed by atoms with Gasteiger partial charge in [-0.25, -0.2) is 0 Å². The average molecular weight is 528 g/mol. The fourth-order valence-corrected chi connectivity index (χ4v) is 10.1. The monoisotopic (exact) mass is 530 g/mol. The molecule has 0 aromatic rings. The Morgan fingerprint density at radius 3 is 0.737 bits per heavy atom. The van der Waals surface area contributed by atoms with E-state index in [1.165, 1.54) is 0 Å². The molecule has 0 saturated carbocycles. The summed E-state index contributed by atoms with van der Waals surface area (Å²) >= 11 is -7.06. The fourth-order valence-electron chi connectivity index (χ4n) is 1.50. The molecule has 0 aliphatic carbocycles. The second kappa shape index (κ2) is 17.7. The Morgan fingerprint density at radius 2 is 0.737 bits per heavy atom. The normalized spacial score (nSPS) is 9.68. The molecule has 0 fully saturated rings. The van der Waals surface area contributed by atoms with Gasteiger partial charge in [-0.1, -0.05) is 0 Å². The van der Waals surface area contributed by atoms with E-state index in [9.17, 15) is 0 Å². The van der Waals surface area contributed by atoms with E-state index in [-0.39, 0.29) is 0 Å². The van der Waals surface area contributed by atoms with Crippen LogP contribution in [0.3, 0.4) is 0 Å². The summed E-state index contributed by atoms with van der Waals surface area (Å²) in [5.41, 5.74) is 0. The molecule has 0 radical (unpaired) electrons. The second-order valence-corrected chi connectivity index (χ2v) is 26.0. The van der Waals surface area contributed by atoms with Crippen molar-refractivity contribution < 1.29 is 29.5 Å². The summed E-state index contributed by atoms with van der Waals surface area (Å²) in [7, 11) is 0. The van der Waals surface area contributed by atoms with Gasteiger partial charge < -0.3 is 0 Å². The number of hydrogen-bond acceptors (Lipinski definition) is 4. The van der Waals surface area contributed by atoms with Gasteiger partial charge in [0.2, 0.25) is 0 Å². The predicted molar refractivity (Wildman–Crippen MR) is 75.8 cm³/mol. The maximum atomic E-state index is 8.59. The van der Waals surface area contributed by atoms with Gasteiger partial charge in [0.25, 0.3) is 0 Å². The van der Waals surface area contributed by atoms with Gasteiger partial charge in [0.15, 0.2) is 0 Å². The van der Waals surface area contributed by atoms with Crippen LogP contribution in [-0.2, 0) is 21.2 Å². The van der Waals surface area contributed by atoms with Crippen LogP contribution in [0.15, 0.2) is 0 Å². The van der Waals surface area contributed by atoms with Crippen molar-refractivity contribution in [3.63, 3.8) is 0 Å². The van der Waals surface area contributed by atoms with Crippen molar-refractivity contribution in [1.29, 1.82) is 0 Å². The molecule has 7 heteroatoms. The molecule has 0 aromatic heterocycles. The summed E-state index contributed by atoms with van der Waals surface area (Å²) in [4.78, 5) is 0.